The third-order valence-electron chi connectivity index (χ3n) is 3.30. The Morgan fingerprint density at radius 1 is 1.15 bits per heavy atom. The minimum absolute atomic E-state index is 0.175. The largest absolute Gasteiger partial charge is 0.398 e. The van der Waals surface area contributed by atoms with Gasteiger partial charge in [0.25, 0.3) is 0 Å². The Morgan fingerprint density at radius 3 is 2.60 bits per heavy atom. The molecular weight excluding hydrogens is 260 g/mol. The molecular formula is C15H13F2N3. The van der Waals surface area contributed by atoms with E-state index in [9.17, 15) is 8.78 Å². The SMILES string of the molecule is CCn1c(-c2cc(F)c(F)cc2N)nc2ccccc21. The molecule has 0 amide bonds. The summed E-state index contributed by atoms with van der Waals surface area (Å²) in [4.78, 5) is 4.48. The number of hydrogen-bond donors (Lipinski definition) is 1. The number of halogens is 2. The van der Waals surface area contributed by atoms with Crippen molar-refractivity contribution in [3.63, 3.8) is 0 Å². The second-order valence-electron chi connectivity index (χ2n) is 4.52. The molecule has 0 aliphatic carbocycles. The molecule has 20 heavy (non-hydrogen) atoms. The van der Waals surface area contributed by atoms with Gasteiger partial charge in [0, 0.05) is 23.9 Å². The number of fused-ring (bicyclic) bond motifs is 1. The van der Waals surface area contributed by atoms with Gasteiger partial charge in [-0.25, -0.2) is 13.8 Å². The minimum Gasteiger partial charge on any atom is -0.398 e. The minimum atomic E-state index is -0.953. The van der Waals surface area contributed by atoms with Gasteiger partial charge in [-0.2, -0.15) is 0 Å². The monoisotopic (exact) mass is 273 g/mol. The Kier molecular flexibility index (Phi) is 2.89. The van der Waals surface area contributed by atoms with Crippen molar-refractivity contribution >= 4 is 16.7 Å². The van der Waals surface area contributed by atoms with Crippen LogP contribution in [0.2, 0.25) is 0 Å². The summed E-state index contributed by atoms with van der Waals surface area (Å²) in [5.41, 5.74) is 8.13. The molecule has 0 fully saturated rings. The fraction of sp³-hybridized carbons (Fsp3) is 0.133. The summed E-state index contributed by atoms with van der Waals surface area (Å²) < 4.78 is 28.6. The number of aryl methyl sites for hydroxylation is 1. The van der Waals surface area contributed by atoms with E-state index in [4.69, 9.17) is 5.73 Å². The number of nitrogens with zero attached hydrogens (tertiary/aromatic N) is 2. The number of para-hydroxylation sites is 2. The predicted molar refractivity (Wildman–Crippen MR) is 75.2 cm³/mol. The normalized spacial score (nSPS) is 11.2. The average molecular weight is 273 g/mol. The van der Waals surface area contributed by atoms with Gasteiger partial charge in [-0.05, 0) is 25.1 Å². The molecule has 3 rings (SSSR count). The van der Waals surface area contributed by atoms with Crippen LogP contribution in [0.3, 0.4) is 0 Å². The van der Waals surface area contributed by atoms with Gasteiger partial charge in [0.2, 0.25) is 0 Å². The van der Waals surface area contributed by atoms with Gasteiger partial charge in [0.1, 0.15) is 5.82 Å². The van der Waals surface area contributed by atoms with Gasteiger partial charge in [-0.1, -0.05) is 12.1 Å². The molecule has 2 N–H and O–H groups in total. The maximum absolute atomic E-state index is 13.5. The van der Waals surface area contributed by atoms with Crippen molar-refractivity contribution in [2.45, 2.75) is 13.5 Å². The van der Waals surface area contributed by atoms with E-state index in [-0.39, 0.29) is 5.69 Å². The van der Waals surface area contributed by atoms with Crippen LogP contribution in [0.5, 0.6) is 0 Å². The van der Waals surface area contributed by atoms with E-state index < -0.39 is 11.6 Å². The fourth-order valence-corrected chi connectivity index (χ4v) is 2.36. The fourth-order valence-electron chi connectivity index (χ4n) is 2.36. The van der Waals surface area contributed by atoms with Crippen LogP contribution >= 0.6 is 0 Å². The molecule has 0 radical (unpaired) electrons. The number of aromatic nitrogens is 2. The standard InChI is InChI=1S/C15H13F2N3/c1-2-20-14-6-4-3-5-13(14)19-15(20)9-7-10(16)11(17)8-12(9)18/h3-8H,2,18H2,1H3. The summed E-state index contributed by atoms with van der Waals surface area (Å²) in [7, 11) is 0. The Hall–Kier alpha value is -2.43. The van der Waals surface area contributed by atoms with Gasteiger partial charge in [-0.3, -0.25) is 0 Å². The smallest absolute Gasteiger partial charge is 0.160 e. The molecule has 0 bridgehead atoms. The highest BCUT2D eigenvalue weighted by Crippen LogP contribution is 2.30. The topological polar surface area (TPSA) is 43.8 Å². The second-order valence-corrected chi connectivity index (χ2v) is 4.52. The Balaban J connectivity index is 2.32. The Bertz CT molecular complexity index is 793. The van der Waals surface area contributed by atoms with Crippen LogP contribution in [-0.4, -0.2) is 9.55 Å². The highest BCUT2D eigenvalue weighted by atomic mass is 19.2. The second kappa shape index (κ2) is 4.59. The van der Waals surface area contributed by atoms with Crippen molar-refractivity contribution in [3.05, 3.63) is 48.0 Å². The van der Waals surface area contributed by atoms with Crippen molar-refractivity contribution in [2.75, 3.05) is 5.73 Å². The Labute approximate surface area is 114 Å². The number of nitrogen functional groups attached to an aromatic ring is 1. The lowest BCUT2D eigenvalue weighted by atomic mass is 10.1. The number of nitrogens with two attached hydrogens (primary N) is 1. The maximum Gasteiger partial charge on any atom is 0.160 e. The molecule has 1 aromatic heterocycles. The summed E-state index contributed by atoms with van der Waals surface area (Å²) in [6.07, 6.45) is 0. The zero-order valence-electron chi connectivity index (χ0n) is 10.9. The van der Waals surface area contributed by atoms with Crippen molar-refractivity contribution in [1.82, 2.24) is 9.55 Å². The number of rotatable bonds is 2. The number of benzene rings is 2. The van der Waals surface area contributed by atoms with Crippen LogP contribution in [0, 0.1) is 11.6 Å². The van der Waals surface area contributed by atoms with Crippen molar-refractivity contribution in [1.29, 1.82) is 0 Å². The lowest BCUT2D eigenvalue weighted by Crippen LogP contribution is -2.01. The first-order chi connectivity index (χ1) is 9.61. The van der Waals surface area contributed by atoms with Gasteiger partial charge >= 0.3 is 0 Å². The van der Waals surface area contributed by atoms with E-state index in [1.165, 1.54) is 0 Å². The van der Waals surface area contributed by atoms with Crippen molar-refractivity contribution in [2.24, 2.45) is 0 Å². The molecule has 3 nitrogen and oxygen atoms in total. The van der Waals surface area contributed by atoms with E-state index in [1.54, 1.807) is 0 Å². The van der Waals surface area contributed by atoms with Crippen LogP contribution in [0.4, 0.5) is 14.5 Å². The van der Waals surface area contributed by atoms with Crippen LogP contribution < -0.4 is 5.73 Å². The van der Waals surface area contributed by atoms with E-state index in [0.29, 0.717) is 17.9 Å². The first-order valence-electron chi connectivity index (χ1n) is 6.32. The zero-order chi connectivity index (χ0) is 14.3. The third-order valence-corrected chi connectivity index (χ3v) is 3.30. The molecule has 0 spiro atoms. The molecule has 102 valence electrons. The molecule has 0 saturated carbocycles. The van der Waals surface area contributed by atoms with Gasteiger partial charge in [-0.15, -0.1) is 0 Å². The van der Waals surface area contributed by atoms with E-state index in [2.05, 4.69) is 4.98 Å². The zero-order valence-corrected chi connectivity index (χ0v) is 10.9. The van der Waals surface area contributed by atoms with Gasteiger partial charge in [0.05, 0.1) is 11.0 Å². The van der Waals surface area contributed by atoms with Gasteiger partial charge < -0.3 is 10.3 Å². The molecule has 0 aliphatic rings. The highest BCUT2D eigenvalue weighted by molar-refractivity contribution is 5.83. The maximum atomic E-state index is 13.5. The van der Waals surface area contributed by atoms with Crippen LogP contribution in [-0.2, 0) is 6.54 Å². The molecule has 5 heteroatoms. The van der Waals surface area contributed by atoms with Gasteiger partial charge in [0.15, 0.2) is 11.6 Å². The summed E-state index contributed by atoms with van der Waals surface area (Å²) in [6, 6.07) is 9.69. The quantitative estimate of drug-likeness (QED) is 0.725. The predicted octanol–water partition coefficient (Wildman–Crippen LogP) is 3.58. The lowest BCUT2D eigenvalue weighted by Gasteiger charge is -2.09. The van der Waals surface area contributed by atoms with Crippen LogP contribution in [0.25, 0.3) is 22.4 Å². The van der Waals surface area contributed by atoms with E-state index >= 15 is 0 Å². The first kappa shape index (κ1) is 12.6. The summed E-state index contributed by atoms with van der Waals surface area (Å²) in [6.45, 7) is 2.63. The van der Waals surface area contributed by atoms with E-state index in [0.717, 1.165) is 23.2 Å². The molecule has 0 atom stereocenters. The van der Waals surface area contributed by atoms with Crippen molar-refractivity contribution < 1.29 is 8.78 Å². The van der Waals surface area contributed by atoms with E-state index in [1.807, 2.05) is 35.8 Å². The number of imidazole rings is 1. The molecule has 3 aromatic rings. The van der Waals surface area contributed by atoms with Crippen molar-refractivity contribution in [3.8, 4) is 11.4 Å². The summed E-state index contributed by atoms with van der Waals surface area (Å²) in [5.74, 6) is -1.33. The average Bonchev–Trinajstić information content (AvgIpc) is 2.81. The Morgan fingerprint density at radius 2 is 1.85 bits per heavy atom. The summed E-state index contributed by atoms with van der Waals surface area (Å²) >= 11 is 0. The number of hydrogen-bond acceptors (Lipinski definition) is 2. The molecule has 0 aliphatic heterocycles. The molecule has 0 saturated heterocycles. The highest BCUT2D eigenvalue weighted by Gasteiger charge is 2.16. The number of anilines is 1. The van der Waals surface area contributed by atoms with Crippen LogP contribution in [0.15, 0.2) is 36.4 Å². The van der Waals surface area contributed by atoms with Crippen LogP contribution in [0.1, 0.15) is 6.92 Å². The first-order valence-corrected chi connectivity index (χ1v) is 6.32. The molecule has 1 heterocycles. The molecule has 0 unspecified atom stereocenters. The molecule has 2 aromatic carbocycles. The third kappa shape index (κ3) is 1.82. The summed E-state index contributed by atoms with van der Waals surface area (Å²) in [5, 5.41) is 0. The lowest BCUT2D eigenvalue weighted by molar-refractivity contribution is 0.509.